The molecular formula is C16H19ClO. The fourth-order valence-electron chi connectivity index (χ4n) is 3.82. The van der Waals surface area contributed by atoms with Crippen LogP contribution < -0.4 is 4.74 Å². The standard InChI is InChI=1S/C16H19ClO/c17-16(14-8-12-7-13(12)9-14)11-3-4-15-10(6-11)2-1-5-18-15/h3-4,6,12-14,16H,1-2,5,7-9H2. The Morgan fingerprint density at radius 2 is 2.00 bits per heavy atom. The van der Waals surface area contributed by atoms with Gasteiger partial charge in [0.05, 0.1) is 12.0 Å². The maximum absolute atomic E-state index is 6.70. The average Bonchev–Trinajstić information content (AvgIpc) is 3.04. The summed E-state index contributed by atoms with van der Waals surface area (Å²) in [5, 5.41) is 0.213. The highest BCUT2D eigenvalue weighted by Gasteiger charge is 2.47. The third-order valence-electron chi connectivity index (χ3n) is 4.94. The molecule has 96 valence electrons. The third kappa shape index (κ3) is 1.84. The molecule has 2 aliphatic carbocycles. The second kappa shape index (κ2) is 4.16. The Morgan fingerprint density at radius 3 is 2.83 bits per heavy atom. The van der Waals surface area contributed by atoms with E-state index < -0.39 is 0 Å². The highest BCUT2D eigenvalue weighted by atomic mass is 35.5. The lowest BCUT2D eigenvalue weighted by molar-refractivity contribution is 0.288. The topological polar surface area (TPSA) is 9.23 Å². The van der Waals surface area contributed by atoms with Crippen LogP contribution in [0.25, 0.3) is 0 Å². The van der Waals surface area contributed by atoms with E-state index in [-0.39, 0.29) is 5.38 Å². The van der Waals surface area contributed by atoms with Gasteiger partial charge in [-0.25, -0.2) is 0 Å². The van der Waals surface area contributed by atoms with Gasteiger partial charge in [-0.3, -0.25) is 0 Å². The zero-order valence-corrected chi connectivity index (χ0v) is 11.3. The summed E-state index contributed by atoms with van der Waals surface area (Å²) in [6.07, 6.45) is 6.46. The van der Waals surface area contributed by atoms with Crippen molar-refractivity contribution in [2.24, 2.45) is 17.8 Å². The molecule has 0 N–H and O–H groups in total. The fourth-order valence-corrected chi connectivity index (χ4v) is 4.17. The second-order valence-electron chi connectivity index (χ2n) is 6.21. The van der Waals surface area contributed by atoms with Crippen LogP contribution in [0.5, 0.6) is 5.75 Å². The minimum absolute atomic E-state index is 0.213. The van der Waals surface area contributed by atoms with Gasteiger partial charge in [0.15, 0.2) is 0 Å². The molecule has 2 heteroatoms. The Kier molecular flexibility index (Phi) is 2.58. The molecule has 2 fully saturated rings. The van der Waals surface area contributed by atoms with Crippen LogP contribution in [0.4, 0.5) is 0 Å². The van der Waals surface area contributed by atoms with Gasteiger partial charge in [-0.2, -0.15) is 0 Å². The molecule has 1 aliphatic heterocycles. The van der Waals surface area contributed by atoms with Crippen molar-refractivity contribution in [2.45, 2.75) is 37.5 Å². The molecule has 4 rings (SSSR count). The van der Waals surface area contributed by atoms with Crippen LogP contribution in [0.3, 0.4) is 0 Å². The van der Waals surface area contributed by atoms with Gasteiger partial charge in [0.2, 0.25) is 0 Å². The Hall–Kier alpha value is -0.690. The van der Waals surface area contributed by atoms with Crippen LogP contribution in [0, 0.1) is 17.8 Å². The molecule has 0 amide bonds. The van der Waals surface area contributed by atoms with Gasteiger partial charge in [-0.05, 0) is 67.1 Å². The Bertz CT molecular complexity index is 460. The summed E-state index contributed by atoms with van der Waals surface area (Å²) >= 11 is 6.70. The summed E-state index contributed by atoms with van der Waals surface area (Å²) in [6, 6.07) is 6.58. The Labute approximate surface area is 113 Å². The largest absolute Gasteiger partial charge is 0.493 e. The van der Waals surface area contributed by atoms with Gasteiger partial charge in [-0.1, -0.05) is 12.1 Å². The predicted molar refractivity (Wildman–Crippen MR) is 73.2 cm³/mol. The van der Waals surface area contributed by atoms with E-state index in [9.17, 15) is 0 Å². The van der Waals surface area contributed by atoms with Crippen molar-refractivity contribution in [3.63, 3.8) is 0 Å². The minimum Gasteiger partial charge on any atom is -0.493 e. The van der Waals surface area contributed by atoms with E-state index >= 15 is 0 Å². The van der Waals surface area contributed by atoms with Gasteiger partial charge in [-0.15, -0.1) is 11.6 Å². The predicted octanol–water partition coefficient (Wildman–Crippen LogP) is 4.34. The van der Waals surface area contributed by atoms with E-state index in [0.29, 0.717) is 5.92 Å². The third-order valence-corrected chi connectivity index (χ3v) is 5.55. The van der Waals surface area contributed by atoms with Crippen LogP contribution in [-0.2, 0) is 6.42 Å². The van der Waals surface area contributed by atoms with Crippen LogP contribution in [0.15, 0.2) is 18.2 Å². The first-order chi connectivity index (χ1) is 8.81. The fraction of sp³-hybridized carbons (Fsp3) is 0.625. The molecular weight excluding hydrogens is 244 g/mol. The molecule has 3 atom stereocenters. The molecule has 2 saturated carbocycles. The number of benzene rings is 1. The summed E-state index contributed by atoms with van der Waals surface area (Å²) in [5.41, 5.74) is 2.67. The molecule has 1 heterocycles. The van der Waals surface area contributed by atoms with E-state index in [2.05, 4.69) is 18.2 Å². The molecule has 1 aromatic rings. The Morgan fingerprint density at radius 1 is 1.17 bits per heavy atom. The van der Waals surface area contributed by atoms with Crippen molar-refractivity contribution in [1.82, 2.24) is 0 Å². The lowest BCUT2D eigenvalue weighted by Crippen LogP contribution is -2.10. The van der Waals surface area contributed by atoms with Gasteiger partial charge in [0, 0.05) is 0 Å². The van der Waals surface area contributed by atoms with Gasteiger partial charge in [0.1, 0.15) is 5.75 Å². The van der Waals surface area contributed by atoms with Crippen molar-refractivity contribution in [3.05, 3.63) is 29.3 Å². The molecule has 0 aromatic heterocycles. The van der Waals surface area contributed by atoms with Crippen molar-refractivity contribution in [3.8, 4) is 5.75 Å². The SMILES string of the molecule is ClC(c1ccc2c(c1)CCCO2)C1CC2CC2C1. The number of hydrogen-bond donors (Lipinski definition) is 0. The van der Waals surface area contributed by atoms with E-state index in [1.54, 1.807) is 0 Å². The summed E-state index contributed by atoms with van der Waals surface area (Å²) in [7, 11) is 0. The first kappa shape index (κ1) is 11.2. The summed E-state index contributed by atoms with van der Waals surface area (Å²) in [5.74, 6) is 3.80. The molecule has 3 aliphatic rings. The maximum Gasteiger partial charge on any atom is 0.122 e. The number of aryl methyl sites for hydroxylation is 1. The smallest absolute Gasteiger partial charge is 0.122 e. The molecule has 1 aromatic carbocycles. The molecule has 0 spiro atoms. The van der Waals surface area contributed by atoms with E-state index in [4.69, 9.17) is 16.3 Å². The number of alkyl halides is 1. The lowest BCUT2D eigenvalue weighted by atomic mass is 9.92. The van der Waals surface area contributed by atoms with Crippen LogP contribution >= 0.6 is 11.6 Å². The summed E-state index contributed by atoms with van der Waals surface area (Å²) in [4.78, 5) is 0. The number of halogens is 1. The quantitative estimate of drug-likeness (QED) is 0.721. The summed E-state index contributed by atoms with van der Waals surface area (Å²) < 4.78 is 5.66. The minimum atomic E-state index is 0.213. The average molecular weight is 263 g/mol. The van der Waals surface area contributed by atoms with Crippen molar-refractivity contribution >= 4 is 11.6 Å². The molecule has 0 bridgehead atoms. The number of rotatable bonds is 2. The highest BCUT2D eigenvalue weighted by molar-refractivity contribution is 6.21. The normalized spacial score (nSPS) is 34.4. The lowest BCUT2D eigenvalue weighted by Gasteiger charge is -2.22. The number of ether oxygens (including phenoxy) is 1. The molecule has 18 heavy (non-hydrogen) atoms. The first-order valence-electron chi connectivity index (χ1n) is 7.21. The first-order valence-corrected chi connectivity index (χ1v) is 7.64. The summed E-state index contributed by atoms with van der Waals surface area (Å²) in [6.45, 7) is 0.864. The van der Waals surface area contributed by atoms with Crippen molar-refractivity contribution < 1.29 is 4.74 Å². The monoisotopic (exact) mass is 262 g/mol. The van der Waals surface area contributed by atoms with E-state index in [1.165, 1.54) is 30.4 Å². The molecule has 3 unspecified atom stereocenters. The number of hydrogen-bond acceptors (Lipinski definition) is 1. The second-order valence-corrected chi connectivity index (χ2v) is 6.68. The van der Waals surface area contributed by atoms with E-state index in [1.807, 2.05) is 0 Å². The Balaban J connectivity index is 1.56. The molecule has 1 nitrogen and oxygen atoms in total. The zero-order valence-electron chi connectivity index (χ0n) is 10.6. The van der Waals surface area contributed by atoms with E-state index in [0.717, 1.165) is 37.0 Å². The molecule has 0 radical (unpaired) electrons. The molecule has 0 saturated heterocycles. The van der Waals surface area contributed by atoms with Crippen molar-refractivity contribution in [1.29, 1.82) is 0 Å². The van der Waals surface area contributed by atoms with Crippen LogP contribution in [-0.4, -0.2) is 6.61 Å². The maximum atomic E-state index is 6.70. The van der Waals surface area contributed by atoms with Crippen LogP contribution in [0.2, 0.25) is 0 Å². The van der Waals surface area contributed by atoms with Crippen molar-refractivity contribution in [2.75, 3.05) is 6.61 Å². The number of fused-ring (bicyclic) bond motifs is 2. The highest BCUT2D eigenvalue weighted by Crippen LogP contribution is 2.58. The van der Waals surface area contributed by atoms with Gasteiger partial charge < -0.3 is 4.74 Å². The van der Waals surface area contributed by atoms with Crippen LogP contribution in [0.1, 0.15) is 42.2 Å². The van der Waals surface area contributed by atoms with Gasteiger partial charge in [0.25, 0.3) is 0 Å². The zero-order chi connectivity index (χ0) is 12.1. The van der Waals surface area contributed by atoms with Gasteiger partial charge >= 0.3 is 0 Å².